The van der Waals surface area contributed by atoms with E-state index in [0.717, 1.165) is 19.3 Å². The average molecular weight is 386 g/mol. The second-order valence-electron chi connectivity index (χ2n) is 7.77. The fourth-order valence-corrected chi connectivity index (χ4v) is 4.07. The van der Waals surface area contributed by atoms with Gasteiger partial charge >= 0.3 is 0 Å². The summed E-state index contributed by atoms with van der Waals surface area (Å²) < 4.78 is 6.05. The fourth-order valence-electron chi connectivity index (χ4n) is 4.07. The Kier molecular flexibility index (Phi) is 7.24. The molecule has 0 unspecified atom stereocenters. The molecule has 2 heterocycles. The number of hydrogen-bond donors (Lipinski definition) is 2. The standard InChI is InChI=1S/C21H30N4O3/c1-2-11-28-19-5-4-16(21(27)25-9-7-17(26)8-10-25)12-18(19)24-20-6-3-15(13-22)14-23-20/h3,6,14,16-19,26H,2,4-5,7-12H2,1H3,(H,23,24)/t16-,18+,19+/m0/s1. The Morgan fingerprint density at radius 2 is 2.14 bits per heavy atom. The van der Waals surface area contributed by atoms with Gasteiger partial charge in [-0.25, -0.2) is 4.98 Å². The van der Waals surface area contributed by atoms with E-state index in [9.17, 15) is 9.90 Å². The van der Waals surface area contributed by atoms with Crippen molar-refractivity contribution in [2.75, 3.05) is 25.0 Å². The number of anilines is 1. The van der Waals surface area contributed by atoms with Crippen LogP contribution in [0.4, 0.5) is 5.82 Å². The zero-order valence-electron chi connectivity index (χ0n) is 16.5. The largest absolute Gasteiger partial charge is 0.393 e. The van der Waals surface area contributed by atoms with Crippen LogP contribution in [0.5, 0.6) is 0 Å². The molecule has 0 aromatic carbocycles. The summed E-state index contributed by atoms with van der Waals surface area (Å²) >= 11 is 0. The van der Waals surface area contributed by atoms with Gasteiger partial charge in [0, 0.05) is 31.8 Å². The summed E-state index contributed by atoms with van der Waals surface area (Å²) in [5.74, 6) is 0.858. The van der Waals surface area contributed by atoms with Crippen LogP contribution < -0.4 is 5.32 Å². The van der Waals surface area contributed by atoms with Gasteiger partial charge in [-0.2, -0.15) is 5.26 Å². The highest BCUT2D eigenvalue weighted by Crippen LogP contribution is 2.31. The van der Waals surface area contributed by atoms with Gasteiger partial charge in [0.1, 0.15) is 11.9 Å². The van der Waals surface area contributed by atoms with Crippen LogP contribution in [0, 0.1) is 17.2 Å². The Labute approximate surface area is 166 Å². The first-order valence-electron chi connectivity index (χ1n) is 10.3. The van der Waals surface area contributed by atoms with Crippen molar-refractivity contribution in [1.82, 2.24) is 9.88 Å². The first-order valence-corrected chi connectivity index (χ1v) is 10.3. The number of aliphatic hydroxyl groups excluding tert-OH is 1. The summed E-state index contributed by atoms with van der Waals surface area (Å²) in [4.78, 5) is 19.2. The first kappa shape index (κ1) is 20.6. The zero-order valence-corrected chi connectivity index (χ0v) is 16.5. The smallest absolute Gasteiger partial charge is 0.225 e. The molecule has 1 aliphatic heterocycles. The molecular weight excluding hydrogens is 356 g/mol. The van der Waals surface area contributed by atoms with Crippen LogP contribution in [-0.4, -0.2) is 58.8 Å². The molecule has 7 heteroatoms. The van der Waals surface area contributed by atoms with Crippen LogP contribution in [0.3, 0.4) is 0 Å². The fraction of sp³-hybridized carbons (Fsp3) is 0.667. The highest BCUT2D eigenvalue weighted by molar-refractivity contribution is 5.79. The van der Waals surface area contributed by atoms with Crippen molar-refractivity contribution in [2.45, 2.75) is 63.7 Å². The number of nitriles is 1. The van der Waals surface area contributed by atoms with Crippen LogP contribution in [0.2, 0.25) is 0 Å². The molecule has 1 aromatic rings. The van der Waals surface area contributed by atoms with E-state index in [4.69, 9.17) is 10.00 Å². The SMILES string of the molecule is CCCO[C@@H]1CC[C@H](C(=O)N2CCC(O)CC2)C[C@H]1Nc1ccc(C#N)cn1. The molecule has 1 aromatic heterocycles. The van der Waals surface area contributed by atoms with Crippen molar-refractivity contribution in [3.8, 4) is 6.07 Å². The summed E-state index contributed by atoms with van der Waals surface area (Å²) in [5, 5.41) is 22.1. The number of piperidine rings is 1. The summed E-state index contributed by atoms with van der Waals surface area (Å²) in [5.41, 5.74) is 0.522. The number of amides is 1. The molecule has 0 radical (unpaired) electrons. The number of rotatable bonds is 6. The number of ether oxygens (including phenoxy) is 1. The highest BCUT2D eigenvalue weighted by Gasteiger charge is 2.37. The number of nitrogens with zero attached hydrogens (tertiary/aromatic N) is 3. The molecule has 152 valence electrons. The second-order valence-corrected chi connectivity index (χ2v) is 7.77. The Bertz CT molecular complexity index is 680. The topological polar surface area (TPSA) is 98.5 Å². The third-order valence-electron chi connectivity index (χ3n) is 5.67. The van der Waals surface area contributed by atoms with Crippen molar-refractivity contribution in [3.63, 3.8) is 0 Å². The van der Waals surface area contributed by atoms with Crippen molar-refractivity contribution < 1.29 is 14.6 Å². The van der Waals surface area contributed by atoms with Crippen LogP contribution in [0.15, 0.2) is 18.3 Å². The summed E-state index contributed by atoms with van der Waals surface area (Å²) in [6.45, 7) is 4.07. The van der Waals surface area contributed by atoms with Gasteiger partial charge in [0.25, 0.3) is 0 Å². The number of hydrogen-bond acceptors (Lipinski definition) is 6. The predicted molar refractivity (Wildman–Crippen MR) is 106 cm³/mol. The van der Waals surface area contributed by atoms with Gasteiger partial charge in [-0.15, -0.1) is 0 Å². The molecule has 0 spiro atoms. The van der Waals surface area contributed by atoms with E-state index in [2.05, 4.69) is 23.3 Å². The Hall–Kier alpha value is -2.17. The third kappa shape index (κ3) is 5.21. The Morgan fingerprint density at radius 1 is 1.36 bits per heavy atom. The molecular formula is C21H30N4O3. The molecule has 1 aliphatic carbocycles. The summed E-state index contributed by atoms with van der Waals surface area (Å²) in [6.07, 6.45) is 5.96. The number of carbonyl (C=O) groups is 1. The maximum Gasteiger partial charge on any atom is 0.225 e. The number of aliphatic hydroxyl groups is 1. The summed E-state index contributed by atoms with van der Waals surface area (Å²) in [6, 6.07) is 5.61. The van der Waals surface area contributed by atoms with Gasteiger partial charge < -0.3 is 20.1 Å². The molecule has 3 atom stereocenters. The Morgan fingerprint density at radius 3 is 2.79 bits per heavy atom. The third-order valence-corrected chi connectivity index (χ3v) is 5.67. The monoisotopic (exact) mass is 386 g/mol. The molecule has 2 aliphatic rings. The van der Waals surface area contributed by atoms with E-state index in [0.29, 0.717) is 50.3 Å². The van der Waals surface area contributed by atoms with E-state index in [-0.39, 0.29) is 30.1 Å². The minimum atomic E-state index is -0.279. The molecule has 1 saturated carbocycles. The zero-order chi connectivity index (χ0) is 19.9. The van der Waals surface area contributed by atoms with Crippen LogP contribution in [0.1, 0.15) is 51.0 Å². The molecule has 2 N–H and O–H groups in total. The molecule has 3 rings (SSSR count). The van der Waals surface area contributed by atoms with Crippen molar-refractivity contribution in [3.05, 3.63) is 23.9 Å². The van der Waals surface area contributed by atoms with E-state index < -0.39 is 0 Å². The minimum absolute atomic E-state index is 0.00469. The van der Waals surface area contributed by atoms with Crippen LogP contribution in [0.25, 0.3) is 0 Å². The minimum Gasteiger partial charge on any atom is -0.393 e. The van der Waals surface area contributed by atoms with Gasteiger partial charge in [-0.3, -0.25) is 4.79 Å². The van der Waals surface area contributed by atoms with Crippen LogP contribution in [-0.2, 0) is 9.53 Å². The number of pyridine rings is 1. The predicted octanol–water partition coefficient (Wildman–Crippen LogP) is 2.31. The molecule has 0 bridgehead atoms. The van der Waals surface area contributed by atoms with Crippen molar-refractivity contribution >= 4 is 11.7 Å². The molecule has 7 nitrogen and oxygen atoms in total. The number of likely N-dealkylation sites (tertiary alicyclic amines) is 1. The van der Waals surface area contributed by atoms with Crippen LogP contribution >= 0.6 is 0 Å². The lowest BCUT2D eigenvalue weighted by Crippen LogP contribution is -2.48. The van der Waals surface area contributed by atoms with Gasteiger partial charge in [0.2, 0.25) is 5.91 Å². The molecule has 2 fully saturated rings. The van der Waals surface area contributed by atoms with Gasteiger partial charge in [0.05, 0.1) is 23.8 Å². The van der Waals surface area contributed by atoms with Gasteiger partial charge in [-0.05, 0) is 50.7 Å². The number of nitrogens with one attached hydrogen (secondary N) is 1. The maximum absolute atomic E-state index is 13.0. The first-order chi connectivity index (χ1) is 13.6. The lowest BCUT2D eigenvalue weighted by Gasteiger charge is -2.39. The molecule has 1 amide bonds. The number of carbonyl (C=O) groups excluding carboxylic acids is 1. The van der Waals surface area contributed by atoms with E-state index in [1.54, 1.807) is 18.3 Å². The van der Waals surface area contributed by atoms with Gasteiger partial charge in [-0.1, -0.05) is 6.92 Å². The normalized spacial score (nSPS) is 25.9. The van der Waals surface area contributed by atoms with Crippen molar-refractivity contribution in [1.29, 1.82) is 5.26 Å². The van der Waals surface area contributed by atoms with E-state index in [1.807, 2.05) is 4.90 Å². The number of aromatic nitrogens is 1. The quantitative estimate of drug-likeness (QED) is 0.778. The lowest BCUT2D eigenvalue weighted by atomic mass is 9.82. The molecule has 1 saturated heterocycles. The van der Waals surface area contributed by atoms with E-state index in [1.165, 1.54) is 0 Å². The molecule has 28 heavy (non-hydrogen) atoms. The second kappa shape index (κ2) is 9.85. The van der Waals surface area contributed by atoms with Crippen molar-refractivity contribution in [2.24, 2.45) is 5.92 Å². The highest BCUT2D eigenvalue weighted by atomic mass is 16.5. The maximum atomic E-state index is 13.0. The lowest BCUT2D eigenvalue weighted by molar-refractivity contribution is -0.139. The van der Waals surface area contributed by atoms with Gasteiger partial charge in [0.15, 0.2) is 0 Å². The Balaban J connectivity index is 1.65. The summed E-state index contributed by atoms with van der Waals surface area (Å²) in [7, 11) is 0. The van der Waals surface area contributed by atoms with E-state index >= 15 is 0 Å². The average Bonchev–Trinajstić information content (AvgIpc) is 2.73.